The Hall–Kier alpha value is -3.27. The number of piperidine rings is 2. The van der Waals surface area contributed by atoms with Crippen LogP contribution in [-0.4, -0.2) is 108 Å². The van der Waals surface area contributed by atoms with Crippen molar-refractivity contribution >= 4 is 52.3 Å². The number of halogens is 4. The number of thiophene rings is 1. The summed E-state index contributed by atoms with van der Waals surface area (Å²) in [6, 6.07) is 0.863. The Balaban J connectivity index is 1.13. The highest BCUT2D eigenvalue weighted by atomic mass is 35.5. The monoisotopic (exact) mass is 696 g/mol. The first-order valence-electron chi connectivity index (χ1n) is 16.0. The first-order chi connectivity index (χ1) is 22.5. The largest absolute Gasteiger partial charge is 0.418 e. The summed E-state index contributed by atoms with van der Waals surface area (Å²) in [5.41, 5.74) is 6.03. The number of amides is 5. The maximum absolute atomic E-state index is 13.9. The number of urea groups is 2. The highest BCUT2D eigenvalue weighted by Crippen LogP contribution is 2.38. The summed E-state index contributed by atoms with van der Waals surface area (Å²) < 4.78 is 41.3. The number of hydrogen-bond acceptors (Lipinski definition) is 7. The van der Waals surface area contributed by atoms with Crippen LogP contribution in [0.4, 0.5) is 34.1 Å². The number of piperazine rings is 1. The third-order valence-corrected chi connectivity index (χ3v) is 10.9. The highest BCUT2D eigenvalue weighted by molar-refractivity contribution is 7.08. The van der Waals surface area contributed by atoms with Crippen LogP contribution in [-0.2, 0) is 23.9 Å². The van der Waals surface area contributed by atoms with Crippen LogP contribution in [0, 0.1) is 0 Å². The van der Waals surface area contributed by atoms with E-state index in [0.29, 0.717) is 64.7 Å². The summed E-state index contributed by atoms with van der Waals surface area (Å²) in [4.78, 5) is 47.7. The predicted octanol–water partition coefficient (Wildman–Crippen LogP) is 4.03. The molecule has 1 atom stereocenters. The standard InChI is InChI=1S/C31H40ClF3N8O3S/c32-24-14-19(13-23(27(24)36)31(33,34)35)15-25(28(44)41-11-9-40(10-12-41)21-1-5-37-6-2-21)38-29(45)42-7-3-22(4-8-42)43-16-20-17-47-18-26(20)39-30(43)46/h13-14,17-18,21-22,25,37H,1-12,15-16,36H2,(H,38,45)(H,39,46)/t25-/m1/s1. The van der Waals surface area contributed by atoms with Crippen LogP contribution in [0.25, 0.3) is 0 Å². The minimum Gasteiger partial charge on any atom is -0.397 e. The van der Waals surface area contributed by atoms with Gasteiger partial charge in [0.15, 0.2) is 0 Å². The van der Waals surface area contributed by atoms with Gasteiger partial charge in [0, 0.05) is 68.7 Å². The molecule has 3 fully saturated rings. The predicted molar refractivity (Wildman–Crippen MR) is 174 cm³/mol. The van der Waals surface area contributed by atoms with Gasteiger partial charge in [0.1, 0.15) is 6.04 Å². The summed E-state index contributed by atoms with van der Waals surface area (Å²) in [7, 11) is 0. The van der Waals surface area contributed by atoms with E-state index in [9.17, 15) is 27.6 Å². The summed E-state index contributed by atoms with van der Waals surface area (Å²) in [5, 5.41) is 12.8. The number of fused-ring (bicyclic) bond motifs is 1. The molecule has 16 heteroatoms. The lowest BCUT2D eigenvalue weighted by Crippen LogP contribution is -2.59. The molecule has 1 aromatic carbocycles. The van der Waals surface area contributed by atoms with E-state index in [1.165, 1.54) is 17.4 Å². The van der Waals surface area contributed by atoms with Crippen LogP contribution >= 0.6 is 22.9 Å². The molecule has 6 rings (SSSR count). The summed E-state index contributed by atoms with van der Waals surface area (Å²) in [6.07, 6.45) is -1.73. The minimum absolute atomic E-state index is 0.0570. The van der Waals surface area contributed by atoms with Gasteiger partial charge in [-0.3, -0.25) is 9.69 Å². The molecule has 5 amide bonds. The van der Waals surface area contributed by atoms with Gasteiger partial charge in [-0.2, -0.15) is 13.2 Å². The molecule has 3 saturated heterocycles. The smallest absolute Gasteiger partial charge is 0.397 e. The first-order valence-corrected chi connectivity index (χ1v) is 17.4. The van der Waals surface area contributed by atoms with Gasteiger partial charge in [-0.05, 0) is 61.8 Å². The molecule has 1 aromatic heterocycles. The number of nitrogens with one attached hydrogen (secondary N) is 3. The molecule has 0 bridgehead atoms. The Morgan fingerprint density at radius 1 is 1.00 bits per heavy atom. The van der Waals surface area contributed by atoms with Gasteiger partial charge >= 0.3 is 18.2 Å². The van der Waals surface area contributed by atoms with Crippen molar-refractivity contribution in [2.75, 3.05) is 63.4 Å². The molecule has 0 aliphatic carbocycles. The summed E-state index contributed by atoms with van der Waals surface area (Å²) >= 11 is 7.64. The Bertz CT molecular complexity index is 1470. The number of anilines is 2. The van der Waals surface area contributed by atoms with Gasteiger partial charge in [-0.1, -0.05) is 11.6 Å². The van der Waals surface area contributed by atoms with Crippen molar-refractivity contribution in [3.63, 3.8) is 0 Å². The Morgan fingerprint density at radius 3 is 2.38 bits per heavy atom. The quantitative estimate of drug-likeness (QED) is 0.338. The fourth-order valence-electron chi connectivity index (χ4n) is 7.08. The van der Waals surface area contributed by atoms with E-state index < -0.39 is 29.5 Å². The van der Waals surface area contributed by atoms with Crippen LogP contribution < -0.4 is 21.7 Å². The first kappa shape index (κ1) is 33.6. The molecular formula is C31H40ClF3N8O3S. The lowest BCUT2D eigenvalue weighted by atomic mass is 10.00. The molecular weight excluding hydrogens is 657 g/mol. The van der Waals surface area contributed by atoms with Crippen molar-refractivity contribution in [1.82, 2.24) is 30.2 Å². The van der Waals surface area contributed by atoms with Crippen LogP contribution in [0.15, 0.2) is 22.9 Å². The third-order valence-electron chi connectivity index (χ3n) is 9.76. The number of nitrogens with zero attached hydrogens (tertiary/aromatic N) is 4. The van der Waals surface area contributed by atoms with Crippen molar-refractivity contribution in [2.45, 2.75) is 63.0 Å². The maximum Gasteiger partial charge on any atom is 0.418 e. The minimum atomic E-state index is -4.74. The number of alkyl halides is 3. The zero-order valence-electron chi connectivity index (χ0n) is 26.0. The van der Waals surface area contributed by atoms with E-state index in [4.69, 9.17) is 17.3 Å². The number of nitrogen functional groups attached to an aromatic ring is 1. The highest BCUT2D eigenvalue weighted by Gasteiger charge is 2.37. The van der Waals surface area contributed by atoms with E-state index in [2.05, 4.69) is 20.9 Å². The van der Waals surface area contributed by atoms with Crippen molar-refractivity contribution in [3.05, 3.63) is 44.6 Å². The van der Waals surface area contributed by atoms with Gasteiger partial charge in [0.2, 0.25) is 5.91 Å². The van der Waals surface area contributed by atoms with Crippen molar-refractivity contribution in [3.8, 4) is 0 Å². The lowest BCUT2D eigenvalue weighted by molar-refractivity contribution is -0.137. The van der Waals surface area contributed by atoms with E-state index >= 15 is 0 Å². The number of hydrogen-bond donors (Lipinski definition) is 4. The van der Waals surface area contributed by atoms with Crippen LogP contribution in [0.5, 0.6) is 0 Å². The fourth-order valence-corrected chi connectivity index (χ4v) is 8.10. The van der Waals surface area contributed by atoms with Gasteiger partial charge < -0.3 is 36.4 Å². The fraction of sp³-hybridized carbons (Fsp3) is 0.581. The van der Waals surface area contributed by atoms with E-state index in [0.717, 1.165) is 43.2 Å². The molecule has 0 spiro atoms. The van der Waals surface area contributed by atoms with Crippen molar-refractivity contribution in [1.29, 1.82) is 0 Å². The molecule has 0 radical (unpaired) electrons. The summed E-state index contributed by atoms with van der Waals surface area (Å²) in [6.45, 7) is 5.44. The molecule has 5 N–H and O–H groups in total. The van der Waals surface area contributed by atoms with Crippen molar-refractivity contribution < 1.29 is 27.6 Å². The second-order valence-corrected chi connectivity index (χ2v) is 13.8. The molecule has 4 aliphatic rings. The van der Waals surface area contributed by atoms with Gasteiger partial charge in [0.25, 0.3) is 0 Å². The maximum atomic E-state index is 13.9. The molecule has 256 valence electrons. The number of nitrogens with two attached hydrogens (primary N) is 1. The topological polar surface area (TPSA) is 126 Å². The van der Waals surface area contributed by atoms with Gasteiger partial charge in [-0.25, -0.2) is 9.59 Å². The molecule has 4 aliphatic heterocycles. The molecule has 0 unspecified atom stereocenters. The van der Waals surface area contributed by atoms with E-state index in [-0.39, 0.29) is 35.0 Å². The number of carbonyl (C=O) groups excluding carboxylic acids is 3. The van der Waals surface area contributed by atoms with Gasteiger partial charge in [0.05, 0.1) is 28.5 Å². The van der Waals surface area contributed by atoms with E-state index in [1.807, 2.05) is 10.8 Å². The number of rotatable bonds is 6. The molecule has 0 saturated carbocycles. The molecule has 47 heavy (non-hydrogen) atoms. The zero-order chi connectivity index (χ0) is 33.3. The Kier molecular flexibility index (Phi) is 10.1. The van der Waals surface area contributed by atoms with Crippen LogP contribution in [0.1, 0.15) is 42.4 Å². The molecule has 2 aromatic rings. The normalized spacial score (nSPS) is 20.9. The second kappa shape index (κ2) is 14.1. The van der Waals surface area contributed by atoms with E-state index in [1.54, 1.807) is 14.7 Å². The number of carbonyl (C=O) groups is 3. The van der Waals surface area contributed by atoms with Crippen LogP contribution in [0.3, 0.4) is 0 Å². The average molecular weight is 697 g/mol. The molecule has 11 nitrogen and oxygen atoms in total. The van der Waals surface area contributed by atoms with Crippen molar-refractivity contribution in [2.24, 2.45) is 0 Å². The van der Waals surface area contributed by atoms with Gasteiger partial charge in [-0.15, -0.1) is 11.3 Å². The lowest BCUT2D eigenvalue weighted by Gasteiger charge is -2.42. The van der Waals surface area contributed by atoms with Crippen LogP contribution in [0.2, 0.25) is 5.02 Å². The second-order valence-electron chi connectivity index (χ2n) is 12.7. The molecule has 5 heterocycles. The average Bonchev–Trinajstić information content (AvgIpc) is 3.52. The zero-order valence-corrected chi connectivity index (χ0v) is 27.5. The number of benzene rings is 1. The number of likely N-dealkylation sites (tertiary alicyclic amines) is 1. The SMILES string of the molecule is Nc1c(Cl)cc(C[C@@H](NC(=O)N2CCC(N3Cc4cscc4NC3=O)CC2)C(=O)N2CCN(C3CCNCC3)CC2)cc1C(F)(F)F. The Labute approximate surface area is 280 Å². The Morgan fingerprint density at radius 2 is 1.70 bits per heavy atom. The third kappa shape index (κ3) is 7.58. The summed E-state index contributed by atoms with van der Waals surface area (Å²) in [5.74, 6) is -0.351.